The zero-order valence-corrected chi connectivity index (χ0v) is 42.0. The lowest BCUT2D eigenvalue weighted by molar-refractivity contribution is -0.167. The standard InChI is InChI=1S/C55H106O6/c1-49(2)41-35-29-23-18-14-10-8-7-9-11-16-20-26-32-38-44-53(56)59-47-52(48-60-54(57)45-39-33-28-22-25-31-37-43-51(5)6)61-55(58)46-40-34-27-21-17-13-12-15-19-24-30-36-42-50(3)4/h49-52H,7-48H2,1-6H3/t52-/m0/s1. The van der Waals surface area contributed by atoms with E-state index in [1.165, 1.54) is 180 Å². The average molecular weight is 863 g/mol. The zero-order chi connectivity index (χ0) is 44.9. The van der Waals surface area contributed by atoms with Crippen LogP contribution in [-0.2, 0) is 28.6 Å². The molecule has 6 heteroatoms. The van der Waals surface area contributed by atoms with E-state index in [9.17, 15) is 14.4 Å². The van der Waals surface area contributed by atoms with Gasteiger partial charge in [-0.05, 0) is 37.0 Å². The molecule has 0 aromatic heterocycles. The van der Waals surface area contributed by atoms with Crippen molar-refractivity contribution in [2.45, 2.75) is 304 Å². The molecule has 0 amide bonds. The summed E-state index contributed by atoms with van der Waals surface area (Å²) in [6, 6.07) is 0. The van der Waals surface area contributed by atoms with Gasteiger partial charge in [-0.25, -0.2) is 0 Å². The van der Waals surface area contributed by atoms with Crippen molar-refractivity contribution in [2.24, 2.45) is 17.8 Å². The van der Waals surface area contributed by atoms with Crippen LogP contribution in [0.2, 0.25) is 0 Å². The minimum Gasteiger partial charge on any atom is -0.462 e. The van der Waals surface area contributed by atoms with E-state index in [0.29, 0.717) is 19.3 Å². The van der Waals surface area contributed by atoms with Crippen LogP contribution in [0.4, 0.5) is 0 Å². The van der Waals surface area contributed by atoms with Gasteiger partial charge in [-0.3, -0.25) is 14.4 Å². The molecule has 0 heterocycles. The fourth-order valence-corrected chi connectivity index (χ4v) is 8.29. The molecule has 0 aromatic rings. The molecule has 0 fully saturated rings. The van der Waals surface area contributed by atoms with Crippen molar-refractivity contribution < 1.29 is 28.6 Å². The Morgan fingerprint density at radius 1 is 0.279 bits per heavy atom. The van der Waals surface area contributed by atoms with Gasteiger partial charge in [0.25, 0.3) is 0 Å². The summed E-state index contributed by atoms with van der Waals surface area (Å²) in [6.45, 7) is 13.7. The first kappa shape index (κ1) is 59.4. The van der Waals surface area contributed by atoms with Gasteiger partial charge in [0.2, 0.25) is 0 Å². The molecule has 0 saturated heterocycles. The van der Waals surface area contributed by atoms with Crippen LogP contribution in [0.5, 0.6) is 0 Å². The molecule has 0 aliphatic heterocycles. The van der Waals surface area contributed by atoms with Crippen molar-refractivity contribution in [1.29, 1.82) is 0 Å². The highest BCUT2D eigenvalue weighted by molar-refractivity contribution is 5.71. The van der Waals surface area contributed by atoms with Gasteiger partial charge in [0.15, 0.2) is 6.10 Å². The summed E-state index contributed by atoms with van der Waals surface area (Å²) in [5, 5.41) is 0. The fraction of sp³-hybridized carbons (Fsp3) is 0.945. The molecule has 0 rings (SSSR count). The highest BCUT2D eigenvalue weighted by atomic mass is 16.6. The summed E-state index contributed by atoms with van der Waals surface area (Å²) < 4.78 is 16.8. The second-order valence-electron chi connectivity index (χ2n) is 20.3. The number of hydrogen-bond acceptors (Lipinski definition) is 6. The summed E-state index contributed by atoms with van der Waals surface area (Å²) in [4.78, 5) is 38.0. The summed E-state index contributed by atoms with van der Waals surface area (Å²) in [5.41, 5.74) is 0. The Kier molecular flexibility index (Phi) is 45.2. The molecule has 61 heavy (non-hydrogen) atoms. The molecule has 6 nitrogen and oxygen atoms in total. The Bertz CT molecular complexity index is 945. The van der Waals surface area contributed by atoms with Gasteiger partial charge in [0.1, 0.15) is 13.2 Å². The Hall–Kier alpha value is -1.59. The predicted octanol–water partition coefficient (Wildman–Crippen LogP) is 17.6. The summed E-state index contributed by atoms with van der Waals surface area (Å²) >= 11 is 0. The number of rotatable bonds is 48. The van der Waals surface area contributed by atoms with Crippen LogP contribution in [0.3, 0.4) is 0 Å². The molecule has 0 spiro atoms. The molecule has 0 saturated carbocycles. The molecule has 1 atom stereocenters. The van der Waals surface area contributed by atoms with Crippen molar-refractivity contribution in [1.82, 2.24) is 0 Å². The van der Waals surface area contributed by atoms with E-state index in [1.54, 1.807) is 0 Å². The normalized spacial score (nSPS) is 12.1. The van der Waals surface area contributed by atoms with Crippen molar-refractivity contribution in [2.75, 3.05) is 13.2 Å². The van der Waals surface area contributed by atoms with Gasteiger partial charge in [0.05, 0.1) is 0 Å². The second-order valence-corrected chi connectivity index (χ2v) is 20.3. The Balaban J connectivity index is 4.26. The van der Waals surface area contributed by atoms with E-state index >= 15 is 0 Å². The number of ether oxygens (including phenoxy) is 3. The van der Waals surface area contributed by atoms with Crippen LogP contribution in [0.1, 0.15) is 298 Å². The topological polar surface area (TPSA) is 78.9 Å². The van der Waals surface area contributed by atoms with E-state index in [-0.39, 0.29) is 31.1 Å². The largest absolute Gasteiger partial charge is 0.462 e. The minimum absolute atomic E-state index is 0.0646. The molecule has 0 aliphatic carbocycles. The average Bonchev–Trinajstić information content (AvgIpc) is 3.22. The minimum atomic E-state index is -0.763. The van der Waals surface area contributed by atoms with Gasteiger partial charge in [-0.2, -0.15) is 0 Å². The van der Waals surface area contributed by atoms with E-state index < -0.39 is 6.10 Å². The molecule has 0 aromatic carbocycles. The Morgan fingerprint density at radius 2 is 0.475 bits per heavy atom. The lowest BCUT2D eigenvalue weighted by atomic mass is 10.0. The third kappa shape index (κ3) is 49.3. The lowest BCUT2D eigenvalue weighted by Crippen LogP contribution is -2.30. The number of unbranched alkanes of at least 4 members (excludes halogenated alkanes) is 31. The van der Waals surface area contributed by atoms with Crippen LogP contribution in [0.15, 0.2) is 0 Å². The quantitative estimate of drug-likeness (QED) is 0.0344. The molecule has 362 valence electrons. The van der Waals surface area contributed by atoms with Crippen molar-refractivity contribution >= 4 is 17.9 Å². The smallest absolute Gasteiger partial charge is 0.306 e. The third-order valence-corrected chi connectivity index (χ3v) is 12.4. The van der Waals surface area contributed by atoms with Gasteiger partial charge in [-0.15, -0.1) is 0 Å². The molecule has 0 radical (unpaired) electrons. The highest BCUT2D eigenvalue weighted by Crippen LogP contribution is 2.18. The number of carbonyl (C=O) groups is 3. The SMILES string of the molecule is CC(C)CCCCCCCCCCCCCCCCCC(=O)OC[C@@H](COC(=O)CCCCCCCCCC(C)C)OC(=O)CCCCCCCCCCCCCCC(C)C. The highest BCUT2D eigenvalue weighted by Gasteiger charge is 2.19. The van der Waals surface area contributed by atoms with E-state index in [1.807, 2.05) is 0 Å². The van der Waals surface area contributed by atoms with Crippen LogP contribution in [0.25, 0.3) is 0 Å². The van der Waals surface area contributed by atoms with E-state index in [2.05, 4.69) is 41.5 Å². The molecular formula is C55H106O6. The maximum absolute atomic E-state index is 12.8. The Labute approximate surface area is 380 Å². The van der Waals surface area contributed by atoms with Gasteiger partial charge in [-0.1, -0.05) is 260 Å². The van der Waals surface area contributed by atoms with Crippen LogP contribution in [0, 0.1) is 17.8 Å². The van der Waals surface area contributed by atoms with Gasteiger partial charge in [0, 0.05) is 19.3 Å². The fourth-order valence-electron chi connectivity index (χ4n) is 8.29. The third-order valence-electron chi connectivity index (χ3n) is 12.4. The van der Waals surface area contributed by atoms with E-state index in [4.69, 9.17) is 14.2 Å². The van der Waals surface area contributed by atoms with Crippen molar-refractivity contribution in [3.05, 3.63) is 0 Å². The maximum atomic E-state index is 12.8. The van der Waals surface area contributed by atoms with Gasteiger partial charge < -0.3 is 14.2 Å². The molecule has 0 aliphatic rings. The summed E-state index contributed by atoms with van der Waals surface area (Å²) in [7, 11) is 0. The Morgan fingerprint density at radius 3 is 0.705 bits per heavy atom. The lowest BCUT2D eigenvalue weighted by Gasteiger charge is -2.18. The van der Waals surface area contributed by atoms with E-state index in [0.717, 1.165) is 75.5 Å². The zero-order valence-electron chi connectivity index (χ0n) is 42.0. The first-order valence-electron chi connectivity index (χ1n) is 27.1. The molecule has 0 N–H and O–H groups in total. The summed E-state index contributed by atoms with van der Waals surface area (Å²) in [5.74, 6) is 1.61. The number of hydrogen-bond donors (Lipinski definition) is 0. The van der Waals surface area contributed by atoms with Crippen molar-refractivity contribution in [3.8, 4) is 0 Å². The predicted molar refractivity (Wildman–Crippen MR) is 261 cm³/mol. The summed E-state index contributed by atoms with van der Waals surface area (Å²) in [6.07, 6.45) is 46.7. The monoisotopic (exact) mass is 863 g/mol. The second kappa shape index (κ2) is 46.4. The van der Waals surface area contributed by atoms with Crippen LogP contribution in [-0.4, -0.2) is 37.2 Å². The van der Waals surface area contributed by atoms with Crippen molar-refractivity contribution in [3.63, 3.8) is 0 Å². The number of carbonyl (C=O) groups excluding carboxylic acids is 3. The first-order chi connectivity index (χ1) is 29.6. The maximum Gasteiger partial charge on any atom is 0.306 e. The molecule has 0 bridgehead atoms. The first-order valence-corrected chi connectivity index (χ1v) is 27.1. The molecular weight excluding hydrogens is 757 g/mol. The molecule has 0 unspecified atom stereocenters. The van der Waals surface area contributed by atoms with Crippen LogP contribution < -0.4 is 0 Å². The van der Waals surface area contributed by atoms with Crippen LogP contribution >= 0.6 is 0 Å². The van der Waals surface area contributed by atoms with Gasteiger partial charge >= 0.3 is 17.9 Å². The number of esters is 3.